The molecule has 11 nitrogen and oxygen atoms in total. The largest absolute Gasteiger partial charge is 0.482 e. The van der Waals surface area contributed by atoms with Crippen molar-refractivity contribution in [2.24, 2.45) is 0 Å². The number of hydroxylamine groups is 1. The number of ether oxygens (including phenoxy) is 1. The van der Waals surface area contributed by atoms with Gasteiger partial charge in [0.25, 0.3) is 0 Å². The van der Waals surface area contributed by atoms with Gasteiger partial charge in [-0.25, -0.2) is 18.7 Å². The van der Waals surface area contributed by atoms with E-state index >= 15 is 0 Å². The normalized spacial score (nSPS) is 12.1. The number of halogens is 4. The molecule has 2 aromatic carbocycles. The highest BCUT2D eigenvalue weighted by Gasteiger charge is 2.28. The zero-order chi connectivity index (χ0) is 30.1. The van der Waals surface area contributed by atoms with Gasteiger partial charge in [0.15, 0.2) is 17.3 Å². The van der Waals surface area contributed by atoms with Crippen molar-refractivity contribution in [2.45, 2.75) is 45.7 Å². The van der Waals surface area contributed by atoms with E-state index in [1.807, 2.05) is 0 Å². The second-order valence-corrected chi connectivity index (χ2v) is 8.58. The number of Topliss-reactive ketones (excluding diaryl/α,β-unsaturated/α-hetero) is 1. The second-order valence-electron chi connectivity index (χ2n) is 8.58. The zero-order valence-corrected chi connectivity index (χ0v) is 21.5. The molecule has 216 valence electrons. The van der Waals surface area contributed by atoms with Crippen LogP contribution in [0.4, 0.5) is 23.2 Å². The highest BCUT2D eigenvalue weighted by molar-refractivity contribution is 6.40. The van der Waals surface area contributed by atoms with Gasteiger partial charge in [0.2, 0.25) is 17.6 Å². The van der Waals surface area contributed by atoms with Crippen LogP contribution in [0, 0.1) is 37.1 Å². The van der Waals surface area contributed by atoms with Crippen molar-refractivity contribution in [3.63, 3.8) is 0 Å². The van der Waals surface area contributed by atoms with Crippen LogP contribution in [0.3, 0.4) is 0 Å². The summed E-state index contributed by atoms with van der Waals surface area (Å²) in [6.07, 6.45) is -0.896. The average Bonchev–Trinajstić information content (AvgIpc) is 2.91. The van der Waals surface area contributed by atoms with Gasteiger partial charge in [-0.3, -0.25) is 29.2 Å². The molecule has 0 unspecified atom stereocenters. The molecule has 40 heavy (non-hydrogen) atoms. The fourth-order valence-corrected chi connectivity index (χ4v) is 3.31. The number of aryl methyl sites for hydroxylation is 1. The Morgan fingerprint density at radius 3 is 2.25 bits per heavy atom. The molecule has 0 heterocycles. The summed E-state index contributed by atoms with van der Waals surface area (Å²) >= 11 is 0. The highest BCUT2D eigenvalue weighted by atomic mass is 19.2. The number of nitrogens with one attached hydrogen (secondary N) is 4. The van der Waals surface area contributed by atoms with Crippen LogP contribution in [0.1, 0.15) is 30.9 Å². The predicted octanol–water partition coefficient (Wildman–Crippen LogP) is 1.72. The molecule has 0 aromatic heterocycles. The number of carbonyl (C=O) groups excluding carboxylic acids is 5. The number of anilines is 1. The molecule has 0 saturated heterocycles. The van der Waals surface area contributed by atoms with Gasteiger partial charge in [-0.1, -0.05) is 12.1 Å². The van der Waals surface area contributed by atoms with E-state index in [4.69, 9.17) is 9.94 Å². The standard InChI is InChI=1S/C25H26F4N4O7/c1-11-5-4-6-14(26)21(11)32-25(38)24(37)30-13(3)23(36)31-17(7-8-19(35)33-39)18(34)10-40-22-12(2)15(27)9-16(28)20(22)29/h4-6,9,13,17,39H,7-8,10H2,1-3H3,(H,30,37)(H,31,36)(H,32,38)(H,33,35)/t13-,17-/m0/s1. The summed E-state index contributed by atoms with van der Waals surface area (Å²) in [5, 5.41) is 15.1. The zero-order valence-electron chi connectivity index (χ0n) is 21.5. The smallest absolute Gasteiger partial charge is 0.313 e. The van der Waals surface area contributed by atoms with Crippen molar-refractivity contribution in [1.29, 1.82) is 0 Å². The Bertz CT molecular complexity index is 1280. The Labute approximate surface area is 225 Å². The number of rotatable bonds is 11. The van der Waals surface area contributed by atoms with Crippen molar-refractivity contribution in [3.05, 3.63) is 58.7 Å². The lowest BCUT2D eigenvalue weighted by Gasteiger charge is -2.21. The lowest BCUT2D eigenvalue weighted by atomic mass is 10.1. The van der Waals surface area contributed by atoms with Crippen molar-refractivity contribution >= 4 is 35.1 Å². The Kier molecular flexibility index (Phi) is 11.1. The maximum Gasteiger partial charge on any atom is 0.313 e. The van der Waals surface area contributed by atoms with Crippen molar-refractivity contribution in [1.82, 2.24) is 16.1 Å². The van der Waals surface area contributed by atoms with Crippen molar-refractivity contribution in [3.8, 4) is 5.75 Å². The van der Waals surface area contributed by atoms with E-state index < -0.39 is 95.5 Å². The monoisotopic (exact) mass is 570 g/mol. The number of ketones is 1. The van der Waals surface area contributed by atoms with Gasteiger partial charge in [0.1, 0.15) is 24.3 Å². The van der Waals surface area contributed by atoms with Crippen LogP contribution in [0.25, 0.3) is 0 Å². The average molecular weight is 570 g/mol. The van der Waals surface area contributed by atoms with E-state index in [-0.39, 0.29) is 5.69 Å². The molecular weight excluding hydrogens is 544 g/mol. The van der Waals surface area contributed by atoms with Gasteiger partial charge in [-0.05, 0) is 38.8 Å². The Hall–Kier alpha value is -4.53. The molecule has 2 atom stereocenters. The Balaban J connectivity index is 2.08. The maximum absolute atomic E-state index is 14.1. The van der Waals surface area contributed by atoms with Crippen LogP contribution in [0.2, 0.25) is 0 Å². The number of hydrogen-bond donors (Lipinski definition) is 5. The first-order valence-corrected chi connectivity index (χ1v) is 11.7. The molecule has 0 saturated carbocycles. The summed E-state index contributed by atoms with van der Waals surface area (Å²) in [4.78, 5) is 61.3. The van der Waals surface area contributed by atoms with E-state index in [1.165, 1.54) is 24.5 Å². The molecule has 0 aliphatic rings. The van der Waals surface area contributed by atoms with Crippen LogP contribution < -0.4 is 26.2 Å². The first kappa shape index (κ1) is 31.7. The van der Waals surface area contributed by atoms with Crippen LogP contribution in [-0.4, -0.2) is 53.3 Å². The second kappa shape index (κ2) is 14.0. The van der Waals surface area contributed by atoms with Crippen LogP contribution in [0.5, 0.6) is 5.75 Å². The minimum atomic E-state index is -1.56. The Morgan fingerprint density at radius 2 is 1.62 bits per heavy atom. The first-order chi connectivity index (χ1) is 18.8. The maximum atomic E-state index is 14.1. The third kappa shape index (κ3) is 8.23. The molecule has 0 aliphatic carbocycles. The molecule has 0 bridgehead atoms. The van der Waals surface area contributed by atoms with Gasteiger partial charge < -0.3 is 20.7 Å². The quantitative estimate of drug-likeness (QED) is 0.0903. The number of para-hydroxylation sites is 1. The molecular formula is C25H26F4N4O7. The molecule has 2 aromatic rings. The Morgan fingerprint density at radius 1 is 0.950 bits per heavy atom. The lowest BCUT2D eigenvalue weighted by molar-refractivity contribution is -0.138. The molecule has 0 fully saturated rings. The molecule has 0 aliphatic heterocycles. The molecule has 0 radical (unpaired) electrons. The number of carbonyl (C=O) groups is 5. The summed E-state index contributed by atoms with van der Waals surface area (Å²) in [6, 6.07) is 1.30. The van der Waals surface area contributed by atoms with Crippen molar-refractivity contribution in [2.75, 3.05) is 11.9 Å². The molecule has 5 N–H and O–H groups in total. The molecule has 15 heteroatoms. The predicted molar refractivity (Wildman–Crippen MR) is 130 cm³/mol. The fourth-order valence-electron chi connectivity index (χ4n) is 3.31. The summed E-state index contributed by atoms with van der Waals surface area (Å²) in [7, 11) is 0. The van der Waals surface area contributed by atoms with Gasteiger partial charge in [-0.15, -0.1) is 0 Å². The highest BCUT2D eigenvalue weighted by Crippen LogP contribution is 2.27. The summed E-state index contributed by atoms with van der Waals surface area (Å²) in [5.41, 5.74) is 1.00. The van der Waals surface area contributed by atoms with E-state index in [0.717, 1.165) is 19.9 Å². The number of amides is 4. The minimum absolute atomic E-state index is 0.238. The van der Waals surface area contributed by atoms with E-state index in [2.05, 4.69) is 16.0 Å². The van der Waals surface area contributed by atoms with Crippen LogP contribution in [-0.2, 0) is 24.0 Å². The minimum Gasteiger partial charge on any atom is -0.482 e. The van der Waals surface area contributed by atoms with E-state index in [9.17, 15) is 41.5 Å². The SMILES string of the molecule is Cc1cccc(F)c1NC(=O)C(=O)N[C@@H](C)C(=O)N[C@@H](CCC(=O)NO)C(=O)COc1c(C)c(F)cc(F)c1F. The van der Waals surface area contributed by atoms with Crippen molar-refractivity contribution < 1.29 is 51.5 Å². The van der Waals surface area contributed by atoms with Crippen LogP contribution in [0.15, 0.2) is 24.3 Å². The van der Waals surface area contributed by atoms with E-state index in [0.29, 0.717) is 11.6 Å². The topological polar surface area (TPSA) is 163 Å². The molecule has 0 spiro atoms. The van der Waals surface area contributed by atoms with E-state index in [1.54, 1.807) is 0 Å². The summed E-state index contributed by atoms with van der Waals surface area (Å²) < 4.78 is 60.3. The van der Waals surface area contributed by atoms with Gasteiger partial charge >= 0.3 is 11.8 Å². The number of hydrogen-bond acceptors (Lipinski definition) is 7. The van der Waals surface area contributed by atoms with Gasteiger partial charge in [-0.2, -0.15) is 4.39 Å². The third-order valence-corrected chi connectivity index (χ3v) is 5.62. The lowest BCUT2D eigenvalue weighted by Crippen LogP contribution is -2.52. The summed E-state index contributed by atoms with van der Waals surface area (Å²) in [5.74, 6) is -11.4. The number of benzene rings is 2. The van der Waals surface area contributed by atoms with Gasteiger partial charge in [0.05, 0.1) is 11.7 Å². The molecule has 2 rings (SSSR count). The third-order valence-electron chi connectivity index (χ3n) is 5.62. The van der Waals surface area contributed by atoms with Gasteiger partial charge in [0, 0.05) is 18.1 Å². The first-order valence-electron chi connectivity index (χ1n) is 11.7. The molecule has 4 amide bonds. The summed E-state index contributed by atoms with van der Waals surface area (Å²) in [6.45, 7) is 2.74. The fraction of sp³-hybridized carbons (Fsp3) is 0.320. The van der Waals surface area contributed by atoms with Crippen LogP contribution >= 0.6 is 0 Å².